The normalized spacial score (nSPS) is 15.0. The first-order chi connectivity index (χ1) is 19.3. The van der Waals surface area contributed by atoms with E-state index in [1.165, 1.54) is 49.3 Å². The highest BCUT2D eigenvalue weighted by Crippen LogP contribution is 2.40. The predicted molar refractivity (Wildman–Crippen MR) is 146 cm³/mol. The summed E-state index contributed by atoms with van der Waals surface area (Å²) in [6, 6.07) is 13.4. The average molecular weight is 581 g/mol. The van der Waals surface area contributed by atoms with Gasteiger partial charge in [-0.15, -0.1) is 0 Å². The Kier molecular flexibility index (Phi) is 6.74. The van der Waals surface area contributed by atoms with Crippen LogP contribution >= 0.6 is 12.2 Å². The van der Waals surface area contributed by atoms with Gasteiger partial charge in [0.2, 0.25) is 0 Å². The standard InChI is InChI=1S/C28H20F4N6O2S/c1-27(2)25(40)37(18-6-3-16(12-33)20(10-18)28(30,31)32)26(41)38(27)19-7-4-17(21(29)11-19)13-34-24(39)15-5-8-22-23(9-15)36-14-35-22/h3-11,14H,13H2,1-2H3,(H,34,39)(H,35,36). The molecule has 8 nitrogen and oxygen atoms in total. The van der Waals surface area contributed by atoms with Crippen molar-refractivity contribution in [1.82, 2.24) is 15.3 Å². The lowest BCUT2D eigenvalue weighted by atomic mass is 10.0. The maximum absolute atomic E-state index is 15.2. The Morgan fingerprint density at radius 1 is 1.12 bits per heavy atom. The molecular formula is C28H20F4N6O2S. The highest BCUT2D eigenvalue weighted by atomic mass is 32.1. The molecule has 1 aromatic heterocycles. The number of nitrogens with one attached hydrogen (secondary N) is 2. The van der Waals surface area contributed by atoms with Gasteiger partial charge in [-0.2, -0.15) is 18.4 Å². The number of H-pyrrole nitrogens is 1. The highest BCUT2D eigenvalue weighted by molar-refractivity contribution is 7.81. The molecule has 0 saturated carbocycles. The Hall–Kier alpha value is -4.83. The molecule has 1 aliphatic rings. The van der Waals surface area contributed by atoms with E-state index >= 15 is 4.39 Å². The molecule has 208 valence electrons. The van der Waals surface area contributed by atoms with E-state index in [1.807, 2.05) is 0 Å². The number of thiocarbonyl (C=S) groups is 1. The minimum absolute atomic E-state index is 0.129. The van der Waals surface area contributed by atoms with Crippen LogP contribution in [0.15, 0.2) is 60.9 Å². The second kappa shape index (κ2) is 9.97. The molecule has 41 heavy (non-hydrogen) atoms. The number of nitriles is 1. The van der Waals surface area contributed by atoms with Crippen LogP contribution in [-0.2, 0) is 17.5 Å². The van der Waals surface area contributed by atoms with E-state index in [0.29, 0.717) is 22.7 Å². The summed E-state index contributed by atoms with van der Waals surface area (Å²) in [6.07, 6.45) is -3.32. The SMILES string of the molecule is CC1(C)C(=O)N(c2ccc(C#N)c(C(F)(F)F)c2)C(=S)N1c1ccc(CNC(=O)c2ccc3nc[nH]c3c2)c(F)c1. The second-order valence-corrected chi connectivity index (χ2v) is 10.1. The number of imidazole rings is 1. The van der Waals surface area contributed by atoms with Crippen molar-refractivity contribution in [3.05, 3.63) is 89.0 Å². The van der Waals surface area contributed by atoms with Crippen molar-refractivity contribution >= 4 is 51.6 Å². The smallest absolute Gasteiger partial charge is 0.348 e. The van der Waals surface area contributed by atoms with E-state index < -0.39 is 40.5 Å². The van der Waals surface area contributed by atoms with Crippen molar-refractivity contribution in [3.8, 4) is 6.07 Å². The molecule has 1 aliphatic heterocycles. The number of fused-ring (bicyclic) bond motifs is 1. The average Bonchev–Trinajstić information content (AvgIpc) is 3.46. The van der Waals surface area contributed by atoms with Crippen LogP contribution in [0.5, 0.6) is 0 Å². The van der Waals surface area contributed by atoms with Crippen molar-refractivity contribution in [2.24, 2.45) is 0 Å². The Morgan fingerprint density at radius 3 is 2.54 bits per heavy atom. The van der Waals surface area contributed by atoms with Gasteiger partial charge < -0.3 is 15.2 Å². The third-order valence-electron chi connectivity index (χ3n) is 6.77. The van der Waals surface area contributed by atoms with E-state index in [4.69, 9.17) is 17.5 Å². The Bertz CT molecular complexity index is 1780. The van der Waals surface area contributed by atoms with Crippen molar-refractivity contribution < 1.29 is 27.2 Å². The molecule has 0 spiro atoms. The van der Waals surface area contributed by atoms with Gasteiger partial charge in [0.25, 0.3) is 11.8 Å². The van der Waals surface area contributed by atoms with Gasteiger partial charge in [-0.05, 0) is 74.6 Å². The van der Waals surface area contributed by atoms with Crippen LogP contribution in [0, 0.1) is 17.1 Å². The number of benzene rings is 3. The number of amides is 2. The van der Waals surface area contributed by atoms with E-state index in [9.17, 15) is 22.8 Å². The Morgan fingerprint density at radius 2 is 1.85 bits per heavy atom. The number of nitrogens with zero attached hydrogens (tertiary/aromatic N) is 4. The minimum Gasteiger partial charge on any atom is -0.348 e. The molecule has 2 N–H and O–H groups in total. The van der Waals surface area contributed by atoms with Crippen molar-refractivity contribution in [2.75, 3.05) is 9.80 Å². The summed E-state index contributed by atoms with van der Waals surface area (Å²) >= 11 is 5.49. The van der Waals surface area contributed by atoms with Crippen LogP contribution in [0.3, 0.4) is 0 Å². The third kappa shape index (κ3) is 4.87. The lowest BCUT2D eigenvalue weighted by molar-refractivity contribution is -0.137. The first kappa shape index (κ1) is 27.7. The summed E-state index contributed by atoms with van der Waals surface area (Å²) in [6.45, 7) is 2.90. The van der Waals surface area contributed by atoms with E-state index in [1.54, 1.807) is 18.2 Å². The van der Waals surface area contributed by atoms with E-state index in [0.717, 1.165) is 17.0 Å². The first-order valence-electron chi connectivity index (χ1n) is 12.1. The van der Waals surface area contributed by atoms with Crippen molar-refractivity contribution in [2.45, 2.75) is 32.1 Å². The fourth-order valence-electron chi connectivity index (χ4n) is 4.63. The van der Waals surface area contributed by atoms with Gasteiger partial charge in [-0.1, -0.05) is 6.07 Å². The van der Waals surface area contributed by atoms with E-state index in [-0.39, 0.29) is 28.6 Å². The molecule has 2 heterocycles. The third-order valence-corrected chi connectivity index (χ3v) is 7.14. The zero-order valence-corrected chi connectivity index (χ0v) is 22.3. The summed E-state index contributed by atoms with van der Waals surface area (Å²) in [5.41, 5.74) is -1.26. The Balaban J connectivity index is 1.38. The number of rotatable bonds is 5. The molecule has 0 aliphatic carbocycles. The van der Waals surface area contributed by atoms with E-state index in [2.05, 4.69) is 15.3 Å². The highest BCUT2D eigenvalue weighted by Gasteiger charge is 2.50. The second-order valence-electron chi connectivity index (χ2n) is 9.75. The maximum atomic E-state index is 15.2. The minimum atomic E-state index is -4.83. The van der Waals surface area contributed by atoms with Gasteiger partial charge >= 0.3 is 6.18 Å². The molecular weight excluding hydrogens is 560 g/mol. The lowest BCUT2D eigenvalue weighted by Crippen LogP contribution is -2.44. The topological polar surface area (TPSA) is 105 Å². The van der Waals surface area contributed by atoms with Crippen molar-refractivity contribution in [3.63, 3.8) is 0 Å². The summed E-state index contributed by atoms with van der Waals surface area (Å²) < 4.78 is 55.9. The Labute approximate surface area is 236 Å². The largest absolute Gasteiger partial charge is 0.417 e. The van der Waals surface area contributed by atoms with Crippen LogP contribution in [0.25, 0.3) is 11.0 Å². The molecule has 5 rings (SSSR count). The molecule has 1 fully saturated rings. The predicted octanol–water partition coefficient (Wildman–Crippen LogP) is 5.44. The number of alkyl halides is 3. The van der Waals surface area contributed by atoms with Gasteiger partial charge in [-0.25, -0.2) is 9.37 Å². The first-order valence-corrected chi connectivity index (χ1v) is 12.5. The number of anilines is 2. The molecule has 0 bridgehead atoms. The number of aromatic amines is 1. The van der Waals surface area contributed by atoms with Crippen molar-refractivity contribution in [1.29, 1.82) is 5.26 Å². The molecule has 0 atom stereocenters. The van der Waals surface area contributed by atoms with Crippen LogP contribution in [0.2, 0.25) is 0 Å². The molecule has 1 saturated heterocycles. The van der Waals surface area contributed by atoms with Gasteiger partial charge in [0.15, 0.2) is 5.11 Å². The summed E-state index contributed by atoms with van der Waals surface area (Å²) in [5.74, 6) is -1.74. The van der Waals surface area contributed by atoms with Gasteiger partial charge in [-0.3, -0.25) is 14.5 Å². The van der Waals surface area contributed by atoms with Gasteiger partial charge in [0.05, 0.1) is 40.2 Å². The number of hydrogen-bond acceptors (Lipinski definition) is 5. The zero-order chi connectivity index (χ0) is 29.7. The molecule has 2 amide bonds. The molecule has 13 heteroatoms. The van der Waals surface area contributed by atoms with Crippen LogP contribution in [-0.4, -0.2) is 32.4 Å². The number of carbonyl (C=O) groups excluding carboxylic acids is 2. The number of halogens is 4. The monoisotopic (exact) mass is 580 g/mol. The fourth-order valence-corrected chi connectivity index (χ4v) is 5.15. The molecule has 4 aromatic rings. The number of hydrogen-bond donors (Lipinski definition) is 2. The quantitative estimate of drug-likeness (QED) is 0.241. The summed E-state index contributed by atoms with van der Waals surface area (Å²) in [4.78, 5) is 35.3. The van der Waals surface area contributed by atoms with Gasteiger partial charge in [0.1, 0.15) is 11.4 Å². The van der Waals surface area contributed by atoms with Crippen LogP contribution < -0.4 is 15.1 Å². The summed E-state index contributed by atoms with van der Waals surface area (Å²) in [5, 5.41) is 11.6. The van der Waals surface area contributed by atoms with Gasteiger partial charge in [0, 0.05) is 23.4 Å². The molecule has 0 unspecified atom stereocenters. The maximum Gasteiger partial charge on any atom is 0.417 e. The number of aromatic nitrogens is 2. The lowest BCUT2D eigenvalue weighted by Gasteiger charge is -2.29. The fraction of sp³-hybridized carbons (Fsp3) is 0.179. The zero-order valence-electron chi connectivity index (χ0n) is 21.5. The molecule has 0 radical (unpaired) electrons. The number of carbonyl (C=O) groups is 2. The summed E-state index contributed by atoms with van der Waals surface area (Å²) in [7, 11) is 0. The molecule has 3 aromatic carbocycles. The van der Waals surface area contributed by atoms with Crippen LogP contribution in [0.1, 0.15) is 40.9 Å². The van der Waals surface area contributed by atoms with Crippen LogP contribution in [0.4, 0.5) is 28.9 Å².